The fourth-order valence-electron chi connectivity index (χ4n) is 2.31. The second-order valence-corrected chi connectivity index (χ2v) is 6.04. The maximum absolute atomic E-state index is 12.5. The van der Waals surface area contributed by atoms with Crippen molar-refractivity contribution in [1.29, 1.82) is 0 Å². The highest BCUT2D eigenvalue weighted by molar-refractivity contribution is 5.68. The first-order valence-electron chi connectivity index (χ1n) is 6.60. The van der Waals surface area contributed by atoms with Gasteiger partial charge in [-0.05, 0) is 39.0 Å². The van der Waals surface area contributed by atoms with Crippen LogP contribution in [0.4, 0.5) is 13.6 Å². The molecule has 0 bridgehead atoms. The number of likely N-dealkylation sites (tertiary alicyclic amines) is 1. The summed E-state index contributed by atoms with van der Waals surface area (Å²) in [6.45, 7) is 5.86. The Morgan fingerprint density at radius 2 is 2.05 bits per heavy atom. The highest BCUT2D eigenvalue weighted by atomic mass is 19.3. The first kappa shape index (κ1) is 16.1. The van der Waals surface area contributed by atoms with Gasteiger partial charge in [-0.25, -0.2) is 13.6 Å². The van der Waals surface area contributed by atoms with E-state index in [1.165, 1.54) is 4.90 Å². The Labute approximate surface area is 112 Å². The fraction of sp³-hybridized carbons (Fsp3) is 0.923. The summed E-state index contributed by atoms with van der Waals surface area (Å²) in [7, 11) is 0. The Morgan fingerprint density at radius 1 is 1.42 bits per heavy atom. The molecule has 2 unspecified atom stereocenters. The number of ether oxygens (including phenoxy) is 1. The molecule has 1 heterocycles. The van der Waals surface area contributed by atoms with Crippen molar-refractivity contribution in [2.24, 2.45) is 11.8 Å². The Balaban J connectivity index is 2.61. The zero-order chi connectivity index (χ0) is 14.6. The summed E-state index contributed by atoms with van der Waals surface area (Å²) in [5, 5.41) is 9.21. The van der Waals surface area contributed by atoms with Crippen LogP contribution in [0, 0.1) is 11.8 Å². The van der Waals surface area contributed by atoms with Gasteiger partial charge in [0.1, 0.15) is 5.60 Å². The number of nitrogens with zero attached hydrogens (tertiary/aromatic N) is 1. The molecule has 1 fully saturated rings. The number of alkyl halides is 2. The molecular formula is C13H23F2NO3. The average molecular weight is 279 g/mol. The normalized spacial score (nSPS) is 24.7. The van der Waals surface area contributed by atoms with Crippen LogP contribution in [0.25, 0.3) is 0 Å². The van der Waals surface area contributed by atoms with Crippen molar-refractivity contribution >= 4 is 6.09 Å². The van der Waals surface area contributed by atoms with E-state index >= 15 is 0 Å². The Bertz CT molecular complexity index is 305. The van der Waals surface area contributed by atoms with Crippen LogP contribution in [0.3, 0.4) is 0 Å². The predicted molar refractivity (Wildman–Crippen MR) is 67.1 cm³/mol. The molecule has 1 N–H and O–H groups in total. The van der Waals surface area contributed by atoms with Crippen LogP contribution < -0.4 is 0 Å². The van der Waals surface area contributed by atoms with E-state index < -0.39 is 18.1 Å². The van der Waals surface area contributed by atoms with Crippen molar-refractivity contribution in [3.8, 4) is 0 Å². The number of aliphatic hydroxyl groups excluding tert-OH is 1. The van der Waals surface area contributed by atoms with Gasteiger partial charge in [0.15, 0.2) is 0 Å². The summed E-state index contributed by atoms with van der Waals surface area (Å²) in [6.07, 6.45) is -2.64. The Morgan fingerprint density at radius 3 is 2.53 bits per heavy atom. The van der Waals surface area contributed by atoms with E-state index in [0.717, 1.165) is 0 Å². The molecule has 1 aliphatic heterocycles. The molecule has 112 valence electrons. The number of rotatable bonds is 3. The van der Waals surface area contributed by atoms with Gasteiger partial charge in [0.05, 0.1) is 0 Å². The summed E-state index contributed by atoms with van der Waals surface area (Å²) >= 11 is 0. The Kier molecular flexibility index (Phi) is 5.52. The quantitative estimate of drug-likeness (QED) is 0.863. The topological polar surface area (TPSA) is 49.8 Å². The van der Waals surface area contributed by atoms with Crippen LogP contribution in [0.1, 0.15) is 33.6 Å². The fourth-order valence-corrected chi connectivity index (χ4v) is 2.31. The third-order valence-corrected chi connectivity index (χ3v) is 3.26. The molecule has 2 atom stereocenters. The maximum Gasteiger partial charge on any atom is 0.410 e. The number of halogens is 2. The van der Waals surface area contributed by atoms with Gasteiger partial charge in [-0.3, -0.25) is 0 Å². The monoisotopic (exact) mass is 279 g/mol. The van der Waals surface area contributed by atoms with Crippen molar-refractivity contribution in [1.82, 2.24) is 4.90 Å². The smallest absolute Gasteiger partial charge is 0.410 e. The van der Waals surface area contributed by atoms with Gasteiger partial charge in [-0.15, -0.1) is 0 Å². The number of hydrogen-bond donors (Lipinski definition) is 1. The molecular weight excluding hydrogens is 256 g/mol. The second-order valence-electron chi connectivity index (χ2n) is 6.04. The molecule has 4 nitrogen and oxygen atoms in total. The average Bonchev–Trinajstić information content (AvgIpc) is 2.25. The number of carbonyl (C=O) groups is 1. The highest BCUT2D eigenvalue weighted by Crippen LogP contribution is 2.29. The van der Waals surface area contributed by atoms with Gasteiger partial charge in [-0.2, -0.15) is 0 Å². The standard InChI is InChI=1S/C13H23F2NO3/c1-13(2,3)19-12(18)16-5-4-9(8-17)10(7-16)6-11(14)15/h9-11,17H,4-8H2,1-3H3. The lowest BCUT2D eigenvalue weighted by Gasteiger charge is -2.38. The van der Waals surface area contributed by atoms with Crippen molar-refractivity contribution in [3.05, 3.63) is 0 Å². The number of carbonyl (C=O) groups excluding carboxylic acids is 1. The van der Waals surface area contributed by atoms with Crippen LogP contribution in [0.2, 0.25) is 0 Å². The lowest BCUT2D eigenvalue weighted by atomic mass is 9.84. The van der Waals surface area contributed by atoms with Gasteiger partial charge in [0.2, 0.25) is 6.43 Å². The summed E-state index contributed by atoms with van der Waals surface area (Å²) in [6, 6.07) is 0. The van der Waals surface area contributed by atoms with Crippen LogP contribution in [-0.4, -0.2) is 47.8 Å². The van der Waals surface area contributed by atoms with Crippen molar-refractivity contribution in [3.63, 3.8) is 0 Å². The molecule has 1 rings (SSSR count). The first-order valence-corrected chi connectivity index (χ1v) is 6.60. The largest absolute Gasteiger partial charge is 0.444 e. The number of amides is 1. The van der Waals surface area contributed by atoms with Gasteiger partial charge in [0, 0.05) is 26.1 Å². The molecule has 0 aromatic rings. The predicted octanol–water partition coefficient (Wildman–Crippen LogP) is 2.51. The van der Waals surface area contributed by atoms with Crippen LogP contribution in [0.15, 0.2) is 0 Å². The third-order valence-electron chi connectivity index (χ3n) is 3.26. The number of piperidine rings is 1. The molecule has 0 spiro atoms. The van der Waals surface area contributed by atoms with E-state index in [0.29, 0.717) is 13.0 Å². The van der Waals surface area contributed by atoms with E-state index in [-0.39, 0.29) is 31.4 Å². The molecule has 1 saturated heterocycles. The van der Waals surface area contributed by atoms with E-state index in [1.807, 2.05) is 0 Å². The summed E-state index contributed by atoms with van der Waals surface area (Å²) in [4.78, 5) is 13.4. The number of hydrogen-bond acceptors (Lipinski definition) is 3. The van der Waals surface area contributed by atoms with E-state index in [2.05, 4.69) is 0 Å². The van der Waals surface area contributed by atoms with Crippen LogP contribution >= 0.6 is 0 Å². The Hall–Kier alpha value is -0.910. The molecule has 6 heteroatoms. The van der Waals surface area contributed by atoms with Gasteiger partial charge >= 0.3 is 6.09 Å². The van der Waals surface area contributed by atoms with Gasteiger partial charge < -0.3 is 14.7 Å². The minimum atomic E-state index is -2.42. The zero-order valence-electron chi connectivity index (χ0n) is 11.7. The highest BCUT2D eigenvalue weighted by Gasteiger charge is 2.34. The molecule has 1 aliphatic rings. The van der Waals surface area contributed by atoms with Crippen molar-refractivity contribution < 1.29 is 23.4 Å². The van der Waals surface area contributed by atoms with Crippen LogP contribution in [0.5, 0.6) is 0 Å². The molecule has 1 amide bonds. The minimum Gasteiger partial charge on any atom is -0.444 e. The maximum atomic E-state index is 12.5. The molecule has 0 aliphatic carbocycles. The summed E-state index contributed by atoms with van der Waals surface area (Å²) in [5.41, 5.74) is -0.594. The molecule has 0 aromatic carbocycles. The number of aliphatic hydroxyl groups is 1. The minimum absolute atomic E-state index is 0.112. The molecule has 0 saturated carbocycles. The van der Waals surface area contributed by atoms with Crippen molar-refractivity contribution in [2.45, 2.75) is 45.6 Å². The lowest BCUT2D eigenvalue weighted by Crippen LogP contribution is -2.47. The first-order chi connectivity index (χ1) is 8.73. The summed E-state index contributed by atoms with van der Waals surface area (Å²) in [5.74, 6) is -0.529. The van der Waals surface area contributed by atoms with E-state index in [9.17, 15) is 18.7 Å². The van der Waals surface area contributed by atoms with Gasteiger partial charge in [-0.1, -0.05) is 0 Å². The molecule has 19 heavy (non-hydrogen) atoms. The third kappa shape index (κ3) is 5.30. The molecule has 0 radical (unpaired) electrons. The molecule has 0 aromatic heterocycles. The van der Waals surface area contributed by atoms with E-state index in [4.69, 9.17) is 4.74 Å². The lowest BCUT2D eigenvalue weighted by molar-refractivity contribution is -0.00621. The van der Waals surface area contributed by atoms with Crippen molar-refractivity contribution in [2.75, 3.05) is 19.7 Å². The SMILES string of the molecule is CC(C)(C)OC(=O)N1CCC(CO)C(CC(F)F)C1. The van der Waals surface area contributed by atoms with Crippen LogP contribution in [-0.2, 0) is 4.74 Å². The summed E-state index contributed by atoms with van der Waals surface area (Å²) < 4.78 is 30.3. The second kappa shape index (κ2) is 6.50. The zero-order valence-corrected chi connectivity index (χ0v) is 11.7. The van der Waals surface area contributed by atoms with Gasteiger partial charge in [0.25, 0.3) is 0 Å². The van der Waals surface area contributed by atoms with E-state index in [1.54, 1.807) is 20.8 Å².